The van der Waals surface area contributed by atoms with E-state index < -0.39 is 0 Å². The molecule has 0 fully saturated rings. The van der Waals surface area contributed by atoms with Crippen LogP contribution in [0.2, 0.25) is 10.0 Å². The maximum Gasteiger partial charge on any atom is 0.316 e. The summed E-state index contributed by atoms with van der Waals surface area (Å²) in [5.41, 5.74) is 0.739. The van der Waals surface area contributed by atoms with Crippen molar-refractivity contribution in [2.24, 2.45) is 0 Å². The van der Waals surface area contributed by atoms with Gasteiger partial charge >= 0.3 is 5.97 Å². The number of nitrogens with zero attached hydrogens (tertiary/aromatic N) is 2. The minimum Gasteiger partial charge on any atom is -0.465 e. The van der Waals surface area contributed by atoms with Crippen LogP contribution < -0.4 is 5.32 Å². The lowest BCUT2D eigenvalue weighted by atomic mass is 10.1. The maximum absolute atomic E-state index is 12.0. The van der Waals surface area contributed by atoms with Crippen molar-refractivity contribution in [1.82, 2.24) is 10.2 Å². The first-order valence-corrected chi connectivity index (χ1v) is 9.39. The highest BCUT2D eigenvalue weighted by atomic mass is 35.5. The number of hydrogen-bond donors (Lipinski definition) is 1. The highest BCUT2D eigenvalue weighted by molar-refractivity contribution is 8.01. The molecule has 24 heavy (non-hydrogen) atoms. The minimum atomic E-state index is -0.317. The molecule has 128 valence electrons. The van der Waals surface area contributed by atoms with E-state index in [1.807, 2.05) is 0 Å². The number of amides is 1. The van der Waals surface area contributed by atoms with Crippen LogP contribution in [0.25, 0.3) is 0 Å². The second-order valence-corrected chi connectivity index (χ2v) is 7.45. The molecule has 0 aliphatic carbocycles. The first-order chi connectivity index (χ1) is 11.5. The van der Waals surface area contributed by atoms with Gasteiger partial charge in [-0.15, -0.1) is 10.2 Å². The zero-order valence-electron chi connectivity index (χ0n) is 12.5. The van der Waals surface area contributed by atoms with Crippen molar-refractivity contribution in [2.45, 2.75) is 17.7 Å². The zero-order valence-corrected chi connectivity index (χ0v) is 15.7. The van der Waals surface area contributed by atoms with Gasteiger partial charge in [0.05, 0.1) is 28.8 Å². The molecule has 10 heteroatoms. The van der Waals surface area contributed by atoms with Gasteiger partial charge in [-0.05, 0) is 24.6 Å². The molecule has 6 nitrogen and oxygen atoms in total. The lowest BCUT2D eigenvalue weighted by molar-refractivity contribution is -0.139. The molecule has 0 saturated heterocycles. The predicted molar refractivity (Wildman–Crippen MR) is 96.1 cm³/mol. The fraction of sp³-hybridized carbons (Fsp3) is 0.286. The van der Waals surface area contributed by atoms with E-state index in [2.05, 4.69) is 15.5 Å². The van der Waals surface area contributed by atoms with Crippen LogP contribution in [-0.2, 0) is 20.7 Å². The summed E-state index contributed by atoms with van der Waals surface area (Å²) < 4.78 is 5.40. The van der Waals surface area contributed by atoms with Gasteiger partial charge in [0.2, 0.25) is 11.0 Å². The van der Waals surface area contributed by atoms with Crippen molar-refractivity contribution in [2.75, 3.05) is 17.7 Å². The Morgan fingerprint density at radius 1 is 1.29 bits per heavy atom. The molecule has 2 rings (SSSR count). The molecule has 0 bridgehead atoms. The normalized spacial score (nSPS) is 10.5. The Balaban J connectivity index is 1.86. The van der Waals surface area contributed by atoms with E-state index in [0.717, 1.165) is 5.56 Å². The summed E-state index contributed by atoms with van der Waals surface area (Å²) in [5, 5.41) is 11.6. The number of carbonyl (C=O) groups is 2. The van der Waals surface area contributed by atoms with E-state index in [9.17, 15) is 9.59 Å². The van der Waals surface area contributed by atoms with Crippen LogP contribution in [0.4, 0.5) is 5.13 Å². The molecule has 0 aliphatic heterocycles. The summed E-state index contributed by atoms with van der Waals surface area (Å²) in [6, 6.07) is 5.01. The number of thioether (sulfide) groups is 1. The average Bonchev–Trinajstić information content (AvgIpc) is 2.96. The monoisotopic (exact) mass is 405 g/mol. The Kier molecular flexibility index (Phi) is 7.29. The van der Waals surface area contributed by atoms with Crippen LogP contribution in [0.5, 0.6) is 0 Å². The molecular formula is C14H13Cl2N3O3S2. The van der Waals surface area contributed by atoms with Gasteiger partial charge in [0.1, 0.15) is 0 Å². The minimum absolute atomic E-state index is 0.141. The molecule has 0 unspecified atom stereocenters. The molecule has 0 radical (unpaired) electrons. The molecule has 1 aromatic heterocycles. The van der Waals surface area contributed by atoms with Crippen LogP contribution in [0, 0.1) is 0 Å². The van der Waals surface area contributed by atoms with Crippen LogP contribution in [0.15, 0.2) is 22.5 Å². The quantitative estimate of drug-likeness (QED) is 0.429. The van der Waals surface area contributed by atoms with Gasteiger partial charge in [0.25, 0.3) is 0 Å². The molecule has 1 heterocycles. The summed E-state index contributed by atoms with van der Waals surface area (Å²) in [6.45, 7) is 2.08. The molecule has 2 aromatic rings. The Hall–Kier alpha value is -1.35. The smallest absolute Gasteiger partial charge is 0.316 e. The summed E-state index contributed by atoms with van der Waals surface area (Å²) in [6.07, 6.45) is 0.141. The van der Waals surface area contributed by atoms with Gasteiger partial charge in [-0.25, -0.2) is 0 Å². The maximum atomic E-state index is 12.0. The fourth-order valence-electron chi connectivity index (χ4n) is 1.64. The van der Waals surface area contributed by atoms with Crippen LogP contribution >= 0.6 is 46.3 Å². The molecule has 0 atom stereocenters. The number of aromatic nitrogens is 2. The summed E-state index contributed by atoms with van der Waals surface area (Å²) >= 11 is 14.2. The number of rotatable bonds is 7. The molecule has 1 N–H and O–H groups in total. The molecule has 1 aromatic carbocycles. The van der Waals surface area contributed by atoms with Gasteiger partial charge in [-0.3, -0.25) is 9.59 Å². The number of halogens is 2. The highest BCUT2D eigenvalue weighted by Crippen LogP contribution is 2.26. The third-order valence-corrected chi connectivity index (χ3v) is 5.30. The van der Waals surface area contributed by atoms with E-state index in [1.54, 1.807) is 25.1 Å². The number of esters is 1. The molecule has 1 amide bonds. The van der Waals surface area contributed by atoms with Gasteiger partial charge in [-0.2, -0.15) is 0 Å². The van der Waals surface area contributed by atoms with Gasteiger partial charge in [-0.1, -0.05) is 52.4 Å². The van der Waals surface area contributed by atoms with Gasteiger partial charge in [0, 0.05) is 0 Å². The van der Waals surface area contributed by atoms with Crippen molar-refractivity contribution in [3.63, 3.8) is 0 Å². The second kappa shape index (κ2) is 9.22. The first-order valence-electron chi connectivity index (χ1n) is 6.83. The number of nitrogens with one attached hydrogen (secondary N) is 1. The highest BCUT2D eigenvalue weighted by Gasteiger charge is 2.12. The van der Waals surface area contributed by atoms with Crippen LogP contribution in [0.1, 0.15) is 12.5 Å². The lowest BCUT2D eigenvalue weighted by Gasteiger charge is -2.03. The molecular weight excluding hydrogens is 393 g/mol. The van der Waals surface area contributed by atoms with E-state index in [0.29, 0.717) is 26.1 Å². The van der Waals surface area contributed by atoms with Crippen molar-refractivity contribution in [1.29, 1.82) is 0 Å². The standard InChI is InChI=1S/C14H13Cl2N3O3S2/c1-2-22-12(21)7-23-14-19-18-13(24-14)17-11(20)6-8-3-4-9(15)10(16)5-8/h3-5H,2,6-7H2,1H3,(H,17,18,20). The fourth-order valence-corrected chi connectivity index (χ4v) is 3.53. The van der Waals surface area contributed by atoms with E-state index in [1.165, 1.54) is 23.1 Å². The van der Waals surface area contributed by atoms with Crippen molar-refractivity contribution >= 4 is 63.3 Å². The van der Waals surface area contributed by atoms with Crippen LogP contribution in [0.3, 0.4) is 0 Å². The summed E-state index contributed by atoms with van der Waals surface area (Å²) in [5.74, 6) is -0.408. The Morgan fingerprint density at radius 3 is 2.79 bits per heavy atom. The number of anilines is 1. The largest absolute Gasteiger partial charge is 0.465 e. The molecule has 0 aliphatic rings. The van der Waals surface area contributed by atoms with Gasteiger partial charge < -0.3 is 10.1 Å². The van der Waals surface area contributed by atoms with Crippen molar-refractivity contribution < 1.29 is 14.3 Å². The topological polar surface area (TPSA) is 81.2 Å². The lowest BCUT2D eigenvalue weighted by Crippen LogP contribution is -2.14. The Labute approximate surface area is 156 Å². The van der Waals surface area contributed by atoms with E-state index >= 15 is 0 Å². The predicted octanol–water partition coefficient (Wildman–Crippen LogP) is 3.68. The van der Waals surface area contributed by atoms with Crippen LogP contribution in [-0.4, -0.2) is 34.4 Å². The van der Waals surface area contributed by atoms with Gasteiger partial charge in [0.15, 0.2) is 4.34 Å². The molecule has 0 saturated carbocycles. The van der Waals surface area contributed by atoms with Crippen molar-refractivity contribution in [3.05, 3.63) is 33.8 Å². The number of hydrogen-bond acceptors (Lipinski definition) is 7. The number of ether oxygens (including phenoxy) is 1. The number of carbonyl (C=O) groups excluding carboxylic acids is 2. The third-order valence-electron chi connectivity index (χ3n) is 2.62. The zero-order chi connectivity index (χ0) is 17.5. The average molecular weight is 406 g/mol. The first kappa shape index (κ1) is 19.0. The number of benzene rings is 1. The van der Waals surface area contributed by atoms with E-state index in [-0.39, 0.29) is 24.1 Å². The summed E-state index contributed by atoms with van der Waals surface area (Å²) in [4.78, 5) is 23.3. The van der Waals surface area contributed by atoms with Crippen molar-refractivity contribution in [3.8, 4) is 0 Å². The molecule has 0 spiro atoms. The second-order valence-electron chi connectivity index (χ2n) is 4.44. The summed E-state index contributed by atoms with van der Waals surface area (Å²) in [7, 11) is 0. The SMILES string of the molecule is CCOC(=O)CSc1nnc(NC(=O)Cc2ccc(Cl)c(Cl)c2)s1. The van der Waals surface area contributed by atoms with E-state index in [4.69, 9.17) is 27.9 Å². The Bertz CT molecular complexity index is 740. The third kappa shape index (κ3) is 5.94. The Morgan fingerprint density at radius 2 is 2.08 bits per heavy atom.